The Hall–Kier alpha value is -2.01. The number of ether oxygens (including phenoxy) is 2. The van der Waals surface area contributed by atoms with Crippen LogP contribution in [-0.4, -0.2) is 36.1 Å². The van der Waals surface area contributed by atoms with Crippen LogP contribution in [0.3, 0.4) is 0 Å². The molecule has 0 bridgehead atoms. The number of piperidine rings is 1. The minimum Gasteiger partial charge on any atom is -0.494 e. The van der Waals surface area contributed by atoms with E-state index >= 15 is 0 Å². The maximum atomic E-state index is 5.94. The molecule has 1 N–H and O–H groups in total. The molecule has 1 saturated heterocycles. The zero-order valence-corrected chi connectivity index (χ0v) is 11.6. The Bertz CT molecular complexity index is 562. The van der Waals surface area contributed by atoms with Crippen LogP contribution in [0.15, 0.2) is 36.7 Å². The van der Waals surface area contributed by atoms with Crippen LogP contribution in [0.5, 0.6) is 11.5 Å². The van der Waals surface area contributed by atoms with E-state index in [-0.39, 0.29) is 6.10 Å². The summed E-state index contributed by atoms with van der Waals surface area (Å²) in [5.41, 5.74) is 0.909. The highest BCUT2D eigenvalue weighted by atomic mass is 16.5. The highest BCUT2D eigenvalue weighted by Gasteiger charge is 2.15. The topological polar surface area (TPSA) is 48.3 Å². The molecule has 106 valence electrons. The van der Waals surface area contributed by atoms with Crippen molar-refractivity contribution in [3.8, 4) is 17.2 Å². The van der Waals surface area contributed by atoms with Gasteiger partial charge in [0.1, 0.15) is 17.5 Å². The summed E-state index contributed by atoms with van der Waals surface area (Å²) in [6.07, 6.45) is 6.13. The van der Waals surface area contributed by atoms with Crippen LogP contribution in [0.4, 0.5) is 0 Å². The van der Waals surface area contributed by atoms with E-state index in [4.69, 9.17) is 9.47 Å². The molecule has 1 aromatic heterocycles. The summed E-state index contributed by atoms with van der Waals surface area (Å²) in [6.45, 7) is 1.99. The Labute approximate surface area is 118 Å². The summed E-state index contributed by atoms with van der Waals surface area (Å²) in [6, 6.07) is 7.79. The van der Waals surface area contributed by atoms with E-state index in [9.17, 15) is 0 Å². The van der Waals surface area contributed by atoms with Gasteiger partial charge < -0.3 is 14.8 Å². The molecule has 1 atom stereocenters. The van der Waals surface area contributed by atoms with E-state index < -0.39 is 0 Å². The van der Waals surface area contributed by atoms with Gasteiger partial charge in [-0.25, -0.2) is 4.68 Å². The van der Waals surface area contributed by atoms with Crippen LogP contribution < -0.4 is 14.8 Å². The summed E-state index contributed by atoms with van der Waals surface area (Å²) in [5.74, 6) is 1.59. The number of aromatic nitrogens is 2. The normalized spacial score (nSPS) is 18.8. The van der Waals surface area contributed by atoms with Gasteiger partial charge in [0, 0.05) is 6.54 Å². The Morgan fingerprint density at radius 2 is 2.25 bits per heavy atom. The van der Waals surface area contributed by atoms with E-state index in [1.165, 1.54) is 0 Å². The Morgan fingerprint density at radius 3 is 3.05 bits per heavy atom. The number of rotatable bonds is 4. The minimum absolute atomic E-state index is 0.235. The first kappa shape index (κ1) is 13.0. The van der Waals surface area contributed by atoms with Crippen LogP contribution in [0.1, 0.15) is 12.8 Å². The molecule has 2 aromatic rings. The molecule has 1 fully saturated rings. The number of hydrogen-bond donors (Lipinski definition) is 1. The van der Waals surface area contributed by atoms with Crippen molar-refractivity contribution in [2.24, 2.45) is 0 Å². The van der Waals surface area contributed by atoms with Gasteiger partial charge in [0.05, 0.1) is 19.5 Å². The molecule has 0 radical (unpaired) electrons. The lowest BCUT2D eigenvalue weighted by atomic mass is 10.1. The second-order valence-corrected chi connectivity index (χ2v) is 4.88. The quantitative estimate of drug-likeness (QED) is 0.925. The van der Waals surface area contributed by atoms with E-state index in [0.717, 1.165) is 43.1 Å². The average Bonchev–Trinajstić information content (AvgIpc) is 2.96. The molecular formula is C15H19N3O2. The van der Waals surface area contributed by atoms with Gasteiger partial charge in [-0.15, -0.1) is 0 Å². The van der Waals surface area contributed by atoms with Crippen molar-refractivity contribution in [2.45, 2.75) is 18.9 Å². The van der Waals surface area contributed by atoms with Gasteiger partial charge in [-0.3, -0.25) is 0 Å². The minimum atomic E-state index is 0.235. The van der Waals surface area contributed by atoms with Crippen LogP contribution >= 0.6 is 0 Å². The second kappa shape index (κ2) is 5.96. The molecule has 0 aliphatic carbocycles. The molecule has 5 nitrogen and oxygen atoms in total. The lowest BCUT2D eigenvalue weighted by molar-refractivity contribution is 0.167. The van der Waals surface area contributed by atoms with Crippen LogP contribution in [-0.2, 0) is 0 Å². The molecular weight excluding hydrogens is 254 g/mol. The van der Waals surface area contributed by atoms with Crippen molar-refractivity contribution >= 4 is 0 Å². The summed E-state index contributed by atoms with van der Waals surface area (Å²) >= 11 is 0. The van der Waals surface area contributed by atoms with Gasteiger partial charge >= 0.3 is 0 Å². The monoisotopic (exact) mass is 273 g/mol. The molecule has 3 rings (SSSR count). The predicted molar refractivity (Wildman–Crippen MR) is 76.6 cm³/mol. The number of para-hydroxylation sites is 2. The van der Waals surface area contributed by atoms with E-state index in [1.54, 1.807) is 18.0 Å². The molecule has 5 heteroatoms. The third-order valence-electron chi connectivity index (χ3n) is 3.45. The van der Waals surface area contributed by atoms with Crippen LogP contribution in [0.25, 0.3) is 5.69 Å². The van der Waals surface area contributed by atoms with Crippen molar-refractivity contribution in [1.82, 2.24) is 15.1 Å². The first-order chi connectivity index (χ1) is 9.86. The molecule has 1 unspecified atom stereocenters. The smallest absolute Gasteiger partial charge is 0.158 e. The summed E-state index contributed by atoms with van der Waals surface area (Å²) in [4.78, 5) is 0. The predicted octanol–water partition coefficient (Wildman–Crippen LogP) is 2.01. The zero-order chi connectivity index (χ0) is 13.8. The molecule has 0 saturated carbocycles. The standard InChI is InChI=1S/C15H19N3O2/c1-19-15-7-3-2-6-14(15)18-11-13(10-17-18)20-12-5-4-8-16-9-12/h2-3,6-7,10-12,16H,4-5,8-9H2,1H3. The summed E-state index contributed by atoms with van der Waals surface area (Å²) < 4.78 is 13.1. The Kier molecular flexibility index (Phi) is 3.87. The average molecular weight is 273 g/mol. The molecule has 1 aromatic carbocycles. The first-order valence-corrected chi connectivity index (χ1v) is 6.92. The fourth-order valence-electron chi connectivity index (χ4n) is 2.43. The van der Waals surface area contributed by atoms with E-state index in [2.05, 4.69) is 10.4 Å². The van der Waals surface area contributed by atoms with Crippen LogP contribution in [0, 0.1) is 0 Å². The van der Waals surface area contributed by atoms with Crippen molar-refractivity contribution < 1.29 is 9.47 Å². The Morgan fingerprint density at radius 1 is 1.35 bits per heavy atom. The Balaban J connectivity index is 1.75. The third kappa shape index (κ3) is 2.77. The second-order valence-electron chi connectivity index (χ2n) is 4.88. The highest BCUT2D eigenvalue weighted by Crippen LogP contribution is 2.24. The number of hydrogen-bond acceptors (Lipinski definition) is 4. The molecule has 1 aliphatic rings. The van der Waals surface area contributed by atoms with Gasteiger partial charge in [-0.2, -0.15) is 5.10 Å². The van der Waals surface area contributed by atoms with E-state index in [1.807, 2.05) is 30.5 Å². The number of benzene rings is 1. The number of nitrogens with zero attached hydrogens (tertiary/aromatic N) is 2. The molecule has 1 aliphatic heterocycles. The zero-order valence-electron chi connectivity index (χ0n) is 11.6. The number of methoxy groups -OCH3 is 1. The lowest BCUT2D eigenvalue weighted by Gasteiger charge is -2.22. The highest BCUT2D eigenvalue weighted by molar-refractivity contribution is 5.46. The molecule has 0 spiro atoms. The van der Waals surface area contributed by atoms with Crippen molar-refractivity contribution in [2.75, 3.05) is 20.2 Å². The summed E-state index contributed by atoms with van der Waals surface area (Å²) in [5, 5.41) is 7.69. The SMILES string of the molecule is COc1ccccc1-n1cc(OC2CCCNC2)cn1. The number of nitrogens with one attached hydrogen (secondary N) is 1. The first-order valence-electron chi connectivity index (χ1n) is 6.92. The van der Waals surface area contributed by atoms with Gasteiger partial charge in [-0.05, 0) is 31.5 Å². The molecule has 20 heavy (non-hydrogen) atoms. The summed E-state index contributed by atoms with van der Waals surface area (Å²) in [7, 11) is 1.66. The van der Waals surface area contributed by atoms with Crippen LogP contribution in [0.2, 0.25) is 0 Å². The van der Waals surface area contributed by atoms with E-state index in [0.29, 0.717) is 0 Å². The van der Waals surface area contributed by atoms with Gasteiger partial charge in [0.2, 0.25) is 0 Å². The molecule has 0 amide bonds. The fourth-order valence-corrected chi connectivity index (χ4v) is 2.43. The molecule has 2 heterocycles. The van der Waals surface area contributed by atoms with Gasteiger partial charge in [0.25, 0.3) is 0 Å². The maximum absolute atomic E-state index is 5.94. The van der Waals surface area contributed by atoms with Crippen molar-refractivity contribution in [3.63, 3.8) is 0 Å². The van der Waals surface area contributed by atoms with Gasteiger partial charge in [-0.1, -0.05) is 12.1 Å². The lowest BCUT2D eigenvalue weighted by Crippen LogP contribution is -2.37. The van der Waals surface area contributed by atoms with Gasteiger partial charge in [0.15, 0.2) is 5.75 Å². The third-order valence-corrected chi connectivity index (χ3v) is 3.45. The maximum Gasteiger partial charge on any atom is 0.158 e. The van der Waals surface area contributed by atoms with Crippen molar-refractivity contribution in [3.05, 3.63) is 36.7 Å². The largest absolute Gasteiger partial charge is 0.494 e. The fraction of sp³-hybridized carbons (Fsp3) is 0.400. The van der Waals surface area contributed by atoms with Crippen molar-refractivity contribution in [1.29, 1.82) is 0 Å².